The molecule has 1 fully saturated rings. The van der Waals surface area contributed by atoms with Gasteiger partial charge in [0.1, 0.15) is 5.60 Å². The second-order valence-corrected chi connectivity index (χ2v) is 5.55. The van der Waals surface area contributed by atoms with E-state index in [1.807, 2.05) is 0 Å². The van der Waals surface area contributed by atoms with E-state index in [1.54, 1.807) is 20.8 Å². The topological polar surface area (TPSA) is 69.7 Å². The van der Waals surface area contributed by atoms with Crippen LogP contribution in [0.2, 0.25) is 0 Å². The van der Waals surface area contributed by atoms with Gasteiger partial charge in [0.25, 0.3) is 0 Å². The van der Waals surface area contributed by atoms with Crippen LogP contribution in [0.4, 0.5) is 4.79 Å². The van der Waals surface area contributed by atoms with Crippen LogP contribution in [0.3, 0.4) is 0 Å². The van der Waals surface area contributed by atoms with Gasteiger partial charge in [0.05, 0.1) is 11.5 Å². The summed E-state index contributed by atoms with van der Waals surface area (Å²) in [6.45, 7) is 9.16. The number of carbonyl (C=O) groups excluding carboxylic acids is 2. The molecule has 5 heteroatoms. The van der Waals surface area contributed by atoms with Gasteiger partial charge in [0.15, 0.2) is 0 Å². The molecule has 0 aliphatic carbocycles. The minimum Gasteiger partial charge on any atom is -0.548 e. The molecule has 0 unspecified atom stereocenters. The van der Waals surface area contributed by atoms with Crippen molar-refractivity contribution < 1.29 is 19.4 Å². The van der Waals surface area contributed by atoms with Crippen molar-refractivity contribution in [2.75, 3.05) is 6.54 Å². The Morgan fingerprint density at radius 2 is 2.11 bits per heavy atom. The number of rotatable bonds is 3. The molecule has 0 radical (unpaired) electrons. The Hall–Kier alpha value is -1.52. The number of carboxylic acids is 1. The number of hydrogen-bond acceptors (Lipinski definition) is 4. The van der Waals surface area contributed by atoms with Crippen LogP contribution in [0.15, 0.2) is 12.7 Å². The molecule has 18 heavy (non-hydrogen) atoms. The monoisotopic (exact) mass is 254 g/mol. The lowest BCUT2D eigenvalue weighted by Crippen LogP contribution is -2.59. The number of nitrogens with zero attached hydrogens (tertiary/aromatic N) is 1. The maximum Gasteiger partial charge on any atom is 0.411 e. The van der Waals surface area contributed by atoms with Crippen molar-refractivity contribution >= 4 is 12.1 Å². The molecule has 1 amide bonds. The summed E-state index contributed by atoms with van der Waals surface area (Å²) in [6.07, 6.45) is 2.07. The summed E-state index contributed by atoms with van der Waals surface area (Å²) in [6, 6.07) is 0. The number of carboxylic acid groups (broad SMARTS) is 1. The molecule has 0 aromatic heterocycles. The highest BCUT2D eigenvalue weighted by atomic mass is 16.6. The van der Waals surface area contributed by atoms with Gasteiger partial charge in [-0.3, -0.25) is 4.90 Å². The molecule has 0 aromatic rings. The van der Waals surface area contributed by atoms with E-state index < -0.39 is 23.2 Å². The molecule has 102 valence electrons. The van der Waals surface area contributed by atoms with Crippen molar-refractivity contribution in [3.63, 3.8) is 0 Å². The number of aliphatic carboxylic acids is 1. The van der Waals surface area contributed by atoms with Crippen molar-refractivity contribution in [3.05, 3.63) is 12.7 Å². The first-order chi connectivity index (χ1) is 8.23. The molecule has 1 rings (SSSR count). The Morgan fingerprint density at radius 3 is 2.56 bits per heavy atom. The first kappa shape index (κ1) is 14.5. The lowest BCUT2D eigenvalue weighted by atomic mass is 9.92. The minimum atomic E-state index is -1.30. The highest BCUT2D eigenvalue weighted by Crippen LogP contribution is 2.33. The maximum atomic E-state index is 12.0. The second-order valence-electron chi connectivity index (χ2n) is 5.55. The molecular weight excluding hydrogens is 234 g/mol. The number of hydrogen-bond donors (Lipinski definition) is 0. The number of carbonyl (C=O) groups is 2. The quantitative estimate of drug-likeness (QED) is 0.707. The molecule has 1 heterocycles. The summed E-state index contributed by atoms with van der Waals surface area (Å²) in [5, 5.41) is 11.4. The molecule has 1 aliphatic rings. The van der Waals surface area contributed by atoms with Gasteiger partial charge in [-0.25, -0.2) is 4.79 Å². The van der Waals surface area contributed by atoms with E-state index in [1.165, 1.54) is 11.0 Å². The van der Waals surface area contributed by atoms with Crippen LogP contribution in [0.25, 0.3) is 0 Å². The summed E-state index contributed by atoms with van der Waals surface area (Å²) in [4.78, 5) is 24.7. The van der Waals surface area contributed by atoms with Crippen LogP contribution >= 0.6 is 0 Å². The zero-order chi connectivity index (χ0) is 14.0. The lowest BCUT2D eigenvalue weighted by Gasteiger charge is -2.39. The Kier molecular flexibility index (Phi) is 4.04. The van der Waals surface area contributed by atoms with E-state index in [0.717, 1.165) is 0 Å². The zero-order valence-corrected chi connectivity index (χ0v) is 11.2. The third-order valence-electron chi connectivity index (χ3n) is 2.96. The number of likely N-dealkylation sites (tertiary alicyclic amines) is 1. The normalized spacial score (nSPS) is 23.8. The molecule has 1 aliphatic heterocycles. The molecule has 0 aromatic carbocycles. The molecule has 1 saturated heterocycles. The fourth-order valence-corrected chi connectivity index (χ4v) is 2.21. The van der Waals surface area contributed by atoms with Gasteiger partial charge in [0, 0.05) is 6.54 Å². The molecule has 0 saturated carbocycles. The van der Waals surface area contributed by atoms with E-state index in [4.69, 9.17) is 4.74 Å². The fourth-order valence-electron chi connectivity index (χ4n) is 2.21. The summed E-state index contributed by atoms with van der Waals surface area (Å²) < 4.78 is 5.23. The van der Waals surface area contributed by atoms with E-state index >= 15 is 0 Å². The summed E-state index contributed by atoms with van der Waals surface area (Å²) in [5.41, 5.74) is -1.95. The Balaban J connectivity index is 2.95. The average molecular weight is 254 g/mol. The van der Waals surface area contributed by atoms with Crippen molar-refractivity contribution in [2.24, 2.45) is 0 Å². The van der Waals surface area contributed by atoms with Crippen molar-refractivity contribution in [1.82, 2.24) is 4.90 Å². The SMILES string of the molecule is C=CC[C@]1(C(=O)[O-])CCCN1C(=O)OC(C)(C)C. The van der Waals surface area contributed by atoms with E-state index in [2.05, 4.69) is 6.58 Å². The smallest absolute Gasteiger partial charge is 0.411 e. The maximum absolute atomic E-state index is 12.0. The van der Waals surface area contributed by atoms with Crippen LogP contribution in [-0.4, -0.2) is 34.6 Å². The van der Waals surface area contributed by atoms with Crippen LogP contribution in [0, 0.1) is 0 Å². The highest BCUT2D eigenvalue weighted by molar-refractivity contribution is 5.84. The van der Waals surface area contributed by atoms with Crippen LogP contribution < -0.4 is 5.11 Å². The van der Waals surface area contributed by atoms with Crippen LogP contribution in [0.1, 0.15) is 40.0 Å². The fraction of sp³-hybridized carbons (Fsp3) is 0.692. The standard InChI is InChI=1S/C13H21NO4/c1-5-7-13(10(15)16)8-6-9-14(13)11(17)18-12(2,3)4/h5H,1,6-9H2,2-4H3,(H,15,16)/p-1/t13-/m1/s1. The van der Waals surface area contributed by atoms with Crippen LogP contribution in [0.5, 0.6) is 0 Å². The van der Waals surface area contributed by atoms with Gasteiger partial charge in [-0.05, 0) is 40.0 Å². The number of amides is 1. The molecule has 1 atom stereocenters. The third-order valence-corrected chi connectivity index (χ3v) is 2.96. The summed E-state index contributed by atoms with van der Waals surface area (Å²) >= 11 is 0. The minimum absolute atomic E-state index is 0.175. The van der Waals surface area contributed by atoms with Gasteiger partial charge < -0.3 is 14.6 Å². The largest absolute Gasteiger partial charge is 0.548 e. The lowest BCUT2D eigenvalue weighted by molar-refractivity contribution is -0.317. The first-order valence-electron chi connectivity index (χ1n) is 6.06. The molecule has 0 N–H and O–H groups in total. The summed E-state index contributed by atoms with van der Waals surface area (Å²) in [7, 11) is 0. The van der Waals surface area contributed by atoms with Crippen molar-refractivity contribution in [2.45, 2.75) is 51.2 Å². The van der Waals surface area contributed by atoms with Gasteiger partial charge in [-0.2, -0.15) is 0 Å². The zero-order valence-electron chi connectivity index (χ0n) is 11.2. The van der Waals surface area contributed by atoms with Gasteiger partial charge in [-0.15, -0.1) is 6.58 Å². The highest BCUT2D eigenvalue weighted by Gasteiger charge is 2.45. The van der Waals surface area contributed by atoms with Crippen molar-refractivity contribution in [1.29, 1.82) is 0 Å². The number of ether oxygens (including phenoxy) is 1. The van der Waals surface area contributed by atoms with E-state index in [9.17, 15) is 14.7 Å². The predicted octanol–water partition coefficient (Wildman–Crippen LogP) is 1.08. The van der Waals surface area contributed by atoms with E-state index in [0.29, 0.717) is 19.4 Å². The second kappa shape index (κ2) is 5.00. The Morgan fingerprint density at radius 1 is 1.50 bits per heavy atom. The van der Waals surface area contributed by atoms with Gasteiger partial charge >= 0.3 is 6.09 Å². The van der Waals surface area contributed by atoms with Gasteiger partial charge in [-0.1, -0.05) is 6.08 Å². The average Bonchev–Trinajstić information content (AvgIpc) is 2.60. The van der Waals surface area contributed by atoms with Gasteiger partial charge in [0.2, 0.25) is 0 Å². The predicted molar refractivity (Wildman–Crippen MR) is 64.7 cm³/mol. The molecule has 5 nitrogen and oxygen atoms in total. The molecule has 0 bridgehead atoms. The molecular formula is C13H20NO4-. The summed E-state index contributed by atoms with van der Waals surface area (Å²) in [5.74, 6) is -1.24. The Labute approximate surface area is 107 Å². The third kappa shape index (κ3) is 2.83. The Bertz CT molecular complexity index is 358. The van der Waals surface area contributed by atoms with Crippen molar-refractivity contribution in [3.8, 4) is 0 Å². The first-order valence-corrected chi connectivity index (χ1v) is 6.06. The molecule has 0 spiro atoms. The van der Waals surface area contributed by atoms with Crippen LogP contribution in [-0.2, 0) is 9.53 Å². The van der Waals surface area contributed by atoms with E-state index in [-0.39, 0.29) is 6.42 Å².